The van der Waals surface area contributed by atoms with E-state index in [4.69, 9.17) is 18.4 Å². The van der Waals surface area contributed by atoms with Crippen LogP contribution in [0, 0.1) is 16.7 Å². The molecular weight excluding hydrogens is 380 g/mol. The minimum Gasteiger partial charge on any atom is -0.387 e. The Hall–Kier alpha value is -0.620. The predicted octanol–water partition coefficient (Wildman–Crippen LogP) is -0.701. The number of fused-ring (bicyclic) bond motifs is 2. The molecule has 3 aliphatic heterocycles. The summed E-state index contributed by atoms with van der Waals surface area (Å²) in [6.07, 6.45) is -4.75. The third-order valence-electron chi connectivity index (χ3n) is 7.62. The highest BCUT2D eigenvalue weighted by atomic mass is 32.2. The van der Waals surface area contributed by atoms with E-state index >= 15 is 0 Å². The molecule has 3 unspecified atom stereocenters. The van der Waals surface area contributed by atoms with Crippen LogP contribution < -0.4 is 0 Å². The first-order valence-corrected chi connectivity index (χ1v) is 10.9. The largest absolute Gasteiger partial charge is 0.387 e. The standard InChI is InChI=1S/C17H24O9S/c1-16(2)7-3-4-17(16,8(18)5-7)6-27(21,22)26-14-12-9(19)11-10(20)13(14)25-15(23-11)24-12/h7,9-15,19-20H,3-6H2,1-2H3/t7-,9-,10+,11?,12-,13+,14?,15?,17-/m1/s1. The molecule has 6 fully saturated rings. The fourth-order valence-corrected chi connectivity index (χ4v) is 7.74. The van der Waals surface area contributed by atoms with E-state index in [0.29, 0.717) is 12.8 Å². The van der Waals surface area contributed by atoms with Crippen LogP contribution in [0.4, 0.5) is 0 Å². The number of ether oxygens (including phenoxy) is 3. The summed E-state index contributed by atoms with van der Waals surface area (Å²) in [5.41, 5.74) is -1.37. The van der Waals surface area contributed by atoms with Gasteiger partial charge in [0, 0.05) is 6.42 Å². The molecule has 9 nitrogen and oxygen atoms in total. The van der Waals surface area contributed by atoms with E-state index in [-0.39, 0.29) is 11.7 Å². The number of hydrogen-bond acceptors (Lipinski definition) is 9. The van der Waals surface area contributed by atoms with Gasteiger partial charge in [0.2, 0.25) is 0 Å². The first-order chi connectivity index (χ1) is 12.6. The molecule has 0 amide bonds. The molecule has 3 heterocycles. The van der Waals surface area contributed by atoms with Crippen molar-refractivity contribution in [3.05, 3.63) is 0 Å². The predicted molar refractivity (Wildman–Crippen MR) is 87.6 cm³/mol. The molecule has 0 radical (unpaired) electrons. The van der Waals surface area contributed by atoms with Gasteiger partial charge in [-0.1, -0.05) is 13.8 Å². The summed E-state index contributed by atoms with van der Waals surface area (Å²) in [4.78, 5) is 12.6. The van der Waals surface area contributed by atoms with Crippen LogP contribution in [0.2, 0.25) is 0 Å². The normalized spacial score (nSPS) is 52.7. The molecule has 6 bridgehead atoms. The zero-order valence-corrected chi connectivity index (χ0v) is 15.9. The van der Waals surface area contributed by atoms with E-state index in [1.807, 2.05) is 13.8 Å². The highest BCUT2D eigenvalue weighted by molar-refractivity contribution is 7.86. The average Bonchev–Trinajstić information content (AvgIpc) is 2.91. The van der Waals surface area contributed by atoms with Crippen molar-refractivity contribution in [3.63, 3.8) is 0 Å². The van der Waals surface area contributed by atoms with Crippen LogP contribution in [0.5, 0.6) is 0 Å². The van der Waals surface area contributed by atoms with Crippen molar-refractivity contribution in [2.45, 2.75) is 76.2 Å². The quantitative estimate of drug-likeness (QED) is 0.584. The monoisotopic (exact) mass is 404 g/mol. The number of aliphatic hydroxyl groups is 2. The van der Waals surface area contributed by atoms with Gasteiger partial charge in [0.05, 0.1) is 11.2 Å². The summed E-state index contributed by atoms with van der Waals surface area (Å²) in [5.74, 6) is -0.246. The lowest BCUT2D eigenvalue weighted by Crippen LogP contribution is -2.75. The summed E-state index contributed by atoms with van der Waals surface area (Å²) >= 11 is 0. The van der Waals surface area contributed by atoms with Crippen LogP contribution in [-0.4, -0.2) is 73.3 Å². The molecule has 152 valence electrons. The maximum atomic E-state index is 12.9. The SMILES string of the molecule is CC1(C)[C@@H]2CC[C@@]1(CS(=O)(=O)OC1[C@H]3OC4OC([C@@H](O)[C@H]1O4)[C@@H]3O)C(=O)C2. The highest BCUT2D eigenvalue weighted by Gasteiger charge is 2.67. The molecular formula is C17H24O9S. The zero-order chi connectivity index (χ0) is 19.4. The Bertz CT molecular complexity index is 759. The lowest BCUT2D eigenvalue weighted by Gasteiger charge is -2.56. The van der Waals surface area contributed by atoms with Crippen molar-refractivity contribution in [1.29, 1.82) is 0 Å². The van der Waals surface area contributed by atoms with Crippen molar-refractivity contribution in [1.82, 2.24) is 0 Å². The van der Waals surface area contributed by atoms with Crippen LogP contribution in [-0.2, 0) is 33.3 Å². The van der Waals surface area contributed by atoms with Gasteiger partial charge in [-0.3, -0.25) is 8.98 Å². The first kappa shape index (κ1) is 18.4. The van der Waals surface area contributed by atoms with E-state index in [9.17, 15) is 23.4 Å². The molecule has 0 aromatic heterocycles. The Morgan fingerprint density at radius 3 is 2.22 bits per heavy atom. The third kappa shape index (κ3) is 2.32. The first-order valence-electron chi connectivity index (χ1n) is 9.32. The minimum absolute atomic E-state index is 0.0259. The van der Waals surface area contributed by atoms with Gasteiger partial charge in [-0.05, 0) is 24.2 Å². The number of Topliss-reactive ketones (excluding diaryl/α,β-unsaturated/α-hetero) is 1. The van der Waals surface area contributed by atoms with Crippen molar-refractivity contribution in [3.8, 4) is 0 Å². The fraction of sp³-hybridized carbons (Fsp3) is 0.941. The van der Waals surface area contributed by atoms with Crippen molar-refractivity contribution < 1.29 is 41.8 Å². The van der Waals surface area contributed by atoms with Gasteiger partial charge in [-0.2, -0.15) is 8.42 Å². The molecule has 0 aromatic rings. The summed E-state index contributed by atoms with van der Waals surface area (Å²) in [5, 5.41) is 20.6. The highest BCUT2D eigenvalue weighted by Crippen LogP contribution is 2.64. The van der Waals surface area contributed by atoms with Crippen molar-refractivity contribution >= 4 is 15.9 Å². The topological polar surface area (TPSA) is 129 Å². The van der Waals surface area contributed by atoms with E-state index in [2.05, 4.69) is 0 Å². The molecule has 6 aliphatic rings. The molecule has 2 N–H and O–H groups in total. The number of carbonyl (C=O) groups excluding carboxylic acids is 1. The molecule has 27 heavy (non-hydrogen) atoms. The summed E-state index contributed by atoms with van der Waals surface area (Å²) in [6.45, 7) is 2.85. The van der Waals surface area contributed by atoms with Gasteiger partial charge < -0.3 is 24.4 Å². The van der Waals surface area contributed by atoms with Gasteiger partial charge in [0.15, 0.2) is 0 Å². The van der Waals surface area contributed by atoms with Crippen molar-refractivity contribution in [2.24, 2.45) is 16.7 Å². The van der Waals surface area contributed by atoms with E-state index in [1.165, 1.54) is 0 Å². The maximum Gasteiger partial charge on any atom is 0.272 e. The molecule has 3 saturated carbocycles. The molecule has 6 rings (SSSR count). The Morgan fingerprint density at radius 2 is 1.70 bits per heavy atom. The molecule has 0 spiro atoms. The van der Waals surface area contributed by atoms with Gasteiger partial charge >= 0.3 is 0 Å². The summed E-state index contributed by atoms with van der Waals surface area (Å²) in [6, 6.07) is 0. The number of ketones is 1. The van der Waals surface area contributed by atoms with Gasteiger partial charge in [0.25, 0.3) is 16.6 Å². The van der Waals surface area contributed by atoms with Gasteiger partial charge in [0.1, 0.15) is 42.4 Å². The molecule has 0 aromatic carbocycles. The number of carbonyl (C=O) groups is 1. The van der Waals surface area contributed by atoms with Crippen LogP contribution in [0.15, 0.2) is 0 Å². The Kier molecular flexibility index (Phi) is 3.75. The smallest absolute Gasteiger partial charge is 0.272 e. The number of rotatable bonds is 4. The second-order valence-corrected chi connectivity index (χ2v) is 10.6. The number of hydrogen-bond donors (Lipinski definition) is 2. The lowest BCUT2D eigenvalue weighted by molar-refractivity contribution is -0.478. The minimum atomic E-state index is -4.15. The molecule has 9 atom stereocenters. The molecule has 3 saturated heterocycles. The van der Waals surface area contributed by atoms with Crippen LogP contribution in [0.25, 0.3) is 0 Å². The molecule has 3 aliphatic carbocycles. The average molecular weight is 404 g/mol. The van der Waals surface area contributed by atoms with Crippen LogP contribution >= 0.6 is 0 Å². The number of aliphatic hydroxyl groups excluding tert-OH is 2. The molecule has 10 heteroatoms. The van der Waals surface area contributed by atoms with Crippen LogP contribution in [0.1, 0.15) is 33.1 Å². The lowest BCUT2D eigenvalue weighted by atomic mass is 9.70. The second kappa shape index (κ2) is 5.50. The summed E-state index contributed by atoms with van der Waals surface area (Å²) in [7, 11) is -4.15. The van der Waals surface area contributed by atoms with Crippen LogP contribution in [0.3, 0.4) is 0 Å². The maximum absolute atomic E-state index is 12.9. The van der Waals surface area contributed by atoms with E-state index < -0.39 is 69.8 Å². The van der Waals surface area contributed by atoms with Gasteiger partial charge in [-0.15, -0.1) is 0 Å². The summed E-state index contributed by atoms with van der Waals surface area (Å²) < 4.78 is 47.2. The zero-order valence-electron chi connectivity index (χ0n) is 15.1. The van der Waals surface area contributed by atoms with E-state index in [1.54, 1.807) is 0 Å². The second-order valence-electron chi connectivity index (χ2n) is 9.00. The fourth-order valence-electron chi connectivity index (χ4n) is 5.83. The Labute approximate surface area is 157 Å². The Balaban J connectivity index is 1.40. The van der Waals surface area contributed by atoms with Crippen molar-refractivity contribution in [2.75, 3.05) is 5.75 Å². The Morgan fingerprint density at radius 1 is 1.11 bits per heavy atom. The van der Waals surface area contributed by atoms with Gasteiger partial charge in [-0.25, -0.2) is 0 Å². The third-order valence-corrected chi connectivity index (χ3v) is 8.98. The van der Waals surface area contributed by atoms with E-state index in [0.717, 1.165) is 6.42 Å².